The van der Waals surface area contributed by atoms with Gasteiger partial charge >= 0.3 is 0 Å². The number of rotatable bonds is 8. The van der Waals surface area contributed by atoms with Crippen molar-refractivity contribution in [3.05, 3.63) is 237 Å². The van der Waals surface area contributed by atoms with E-state index in [-0.39, 0.29) is 0 Å². The summed E-state index contributed by atoms with van der Waals surface area (Å²) in [6.45, 7) is 0. The summed E-state index contributed by atoms with van der Waals surface area (Å²) in [4.78, 5) is 15.9. The molecule has 0 aliphatic rings. The average Bonchev–Trinajstić information content (AvgIpc) is 3.37. The third-order valence-electron chi connectivity index (χ3n) is 11.7. The second-order valence-corrected chi connectivity index (χ2v) is 15.6. The fourth-order valence-corrected chi connectivity index (χ4v) is 8.57. The Hall–Kier alpha value is -8.27. The highest BCUT2D eigenvalue weighted by Crippen LogP contribution is 2.42. The second-order valence-electron chi connectivity index (χ2n) is 15.6. The van der Waals surface area contributed by atoms with Crippen molar-refractivity contribution < 1.29 is 0 Å². The van der Waals surface area contributed by atoms with E-state index in [9.17, 15) is 0 Å². The SMILES string of the molecule is c1ccc(-c2ccc(-c3cc(-c4cccc(-c5cc6nc(-c7ccccc7)cc(-c7ccccc7)c6c6ccccc56)c4)nc(-c4ccc(-c5ccccc5)cc4)n3)cc2)cc1. The van der Waals surface area contributed by atoms with Crippen LogP contribution in [0.25, 0.3) is 111 Å². The highest BCUT2D eigenvalue weighted by molar-refractivity contribution is 6.18. The van der Waals surface area contributed by atoms with Gasteiger partial charge in [0.15, 0.2) is 5.82 Å². The molecule has 0 bridgehead atoms. The van der Waals surface area contributed by atoms with Gasteiger partial charge in [-0.3, -0.25) is 0 Å². The zero-order chi connectivity index (χ0) is 41.2. The van der Waals surface area contributed by atoms with Crippen LogP contribution in [0.5, 0.6) is 0 Å². The largest absolute Gasteiger partial charge is 0.248 e. The Balaban J connectivity index is 1.06. The fourth-order valence-electron chi connectivity index (χ4n) is 8.57. The Labute approximate surface area is 361 Å². The third kappa shape index (κ3) is 7.12. The summed E-state index contributed by atoms with van der Waals surface area (Å²) in [7, 11) is 0. The van der Waals surface area contributed by atoms with Crippen LogP contribution in [-0.2, 0) is 0 Å². The minimum atomic E-state index is 0.678. The molecule has 0 spiro atoms. The maximum atomic E-state index is 5.37. The molecule has 0 N–H and O–H groups in total. The number of aromatic nitrogens is 3. The van der Waals surface area contributed by atoms with E-state index in [0.717, 1.165) is 78.1 Å². The van der Waals surface area contributed by atoms with Gasteiger partial charge in [-0.2, -0.15) is 0 Å². The molecule has 11 rings (SSSR count). The van der Waals surface area contributed by atoms with Gasteiger partial charge < -0.3 is 0 Å². The van der Waals surface area contributed by atoms with E-state index in [0.29, 0.717) is 5.82 Å². The van der Waals surface area contributed by atoms with Gasteiger partial charge in [0.05, 0.1) is 22.6 Å². The zero-order valence-electron chi connectivity index (χ0n) is 33.9. The quantitative estimate of drug-likeness (QED) is 0.144. The normalized spacial score (nSPS) is 11.2. The first-order valence-electron chi connectivity index (χ1n) is 21.0. The van der Waals surface area contributed by atoms with E-state index >= 15 is 0 Å². The van der Waals surface area contributed by atoms with Crippen molar-refractivity contribution >= 4 is 21.7 Å². The summed E-state index contributed by atoms with van der Waals surface area (Å²) in [5.74, 6) is 0.678. The molecule has 0 saturated carbocycles. The predicted molar refractivity (Wildman–Crippen MR) is 258 cm³/mol. The molecule has 3 nitrogen and oxygen atoms in total. The highest BCUT2D eigenvalue weighted by Gasteiger charge is 2.18. The number of pyridine rings is 1. The Morgan fingerprint density at radius 3 is 1.26 bits per heavy atom. The van der Waals surface area contributed by atoms with Crippen molar-refractivity contribution in [2.45, 2.75) is 0 Å². The molecule has 3 heteroatoms. The maximum absolute atomic E-state index is 5.37. The van der Waals surface area contributed by atoms with E-state index < -0.39 is 0 Å². The molecule has 11 aromatic rings. The number of benzene rings is 9. The molecular weight excluding hydrogens is 751 g/mol. The van der Waals surface area contributed by atoms with Gasteiger partial charge in [-0.15, -0.1) is 0 Å². The smallest absolute Gasteiger partial charge is 0.160 e. The van der Waals surface area contributed by atoms with Crippen LogP contribution in [0.1, 0.15) is 0 Å². The fraction of sp³-hybridized carbons (Fsp3) is 0. The van der Waals surface area contributed by atoms with Crippen LogP contribution in [0.15, 0.2) is 237 Å². The first-order valence-corrected chi connectivity index (χ1v) is 21.0. The third-order valence-corrected chi connectivity index (χ3v) is 11.7. The van der Waals surface area contributed by atoms with Crippen LogP contribution in [-0.4, -0.2) is 15.0 Å². The molecule has 62 heavy (non-hydrogen) atoms. The molecule has 0 unspecified atom stereocenters. The lowest BCUT2D eigenvalue weighted by molar-refractivity contribution is 1.18. The van der Waals surface area contributed by atoms with E-state index in [4.69, 9.17) is 15.0 Å². The Morgan fingerprint density at radius 2 is 0.645 bits per heavy atom. The monoisotopic (exact) mass is 789 g/mol. The lowest BCUT2D eigenvalue weighted by Crippen LogP contribution is -1.96. The Morgan fingerprint density at radius 1 is 0.226 bits per heavy atom. The molecule has 0 saturated heterocycles. The molecule has 0 fully saturated rings. The van der Waals surface area contributed by atoms with Gasteiger partial charge in [0.25, 0.3) is 0 Å². The molecule has 0 amide bonds. The van der Waals surface area contributed by atoms with Crippen molar-refractivity contribution in [3.63, 3.8) is 0 Å². The van der Waals surface area contributed by atoms with Crippen LogP contribution in [0.3, 0.4) is 0 Å². The first kappa shape index (κ1) is 36.8. The second kappa shape index (κ2) is 16.1. The first-order chi connectivity index (χ1) is 30.7. The van der Waals surface area contributed by atoms with Crippen molar-refractivity contribution in [3.8, 4) is 89.7 Å². The molecule has 2 aromatic heterocycles. The van der Waals surface area contributed by atoms with Gasteiger partial charge in [0, 0.05) is 27.6 Å². The number of nitrogens with zero attached hydrogens (tertiary/aromatic N) is 3. The van der Waals surface area contributed by atoms with Crippen molar-refractivity contribution in [1.82, 2.24) is 15.0 Å². The topological polar surface area (TPSA) is 38.7 Å². The predicted octanol–water partition coefficient (Wildman–Crippen LogP) is 15.5. The highest BCUT2D eigenvalue weighted by atomic mass is 14.9. The van der Waals surface area contributed by atoms with Crippen molar-refractivity contribution in [2.24, 2.45) is 0 Å². The van der Waals surface area contributed by atoms with Gasteiger partial charge in [0.2, 0.25) is 0 Å². The molecule has 0 radical (unpaired) electrons. The van der Waals surface area contributed by atoms with Crippen molar-refractivity contribution in [1.29, 1.82) is 0 Å². The van der Waals surface area contributed by atoms with Crippen LogP contribution in [0.2, 0.25) is 0 Å². The van der Waals surface area contributed by atoms with Gasteiger partial charge in [0.1, 0.15) is 0 Å². The molecule has 0 aliphatic heterocycles. The molecule has 9 aromatic carbocycles. The zero-order valence-corrected chi connectivity index (χ0v) is 33.9. The van der Waals surface area contributed by atoms with Gasteiger partial charge in [-0.05, 0) is 79.5 Å². The van der Waals surface area contributed by atoms with Crippen LogP contribution < -0.4 is 0 Å². The van der Waals surface area contributed by atoms with Gasteiger partial charge in [-0.1, -0.05) is 212 Å². The lowest BCUT2D eigenvalue weighted by Gasteiger charge is -2.16. The standard InChI is InChI=1S/C59H39N3/c1-5-16-40(17-6-1)42-28-32-46(33-29-42)55-39-56(62-59(61-55)47-34-30-43(31-35-47)41-18-7-2-8-19-41)49-25-15-24-48(36-49)52-37-57-58(51-27-14-13-26-50(51)52)53(44-20-9-3-10-21-44)38-54(60-57)45-22-11-4-12-23-45/h1-39H. The summed E-state index contributed by atoms with van der Waals surface area (Å²) in [5.41, 5.74) is 16.9. The number of hydrogen-bond acceptors (Lipinski definition) is 3. The summed E-state index contributed by atoms with van der Waals surface area (Å²) in [6.07, 6.45) is 0. The minimum absolute atomic E-state index is 0.678. The summed E-state index contributed by atoms with van der Waals surface area (Å²) in [5, 5.41) is 3.48. The number of fused-ring (bicyclic) bond motifs is 3. The van der Waals surface area contributed by atoms with Crippen molar-refractivity contribution in [2.75, 3.05) is 0 Å². The number of hydrogen-bond donors (Lipinski definition) is 0. The van der Waals surface area contributed by atoms with E-state index in [2.05, 4.69) is 218 Å². The minimum Gasteiger partial charge on any atom is -0.248 e. The Kier molecular flexibility index (Phi) is 9.53. The molecule has 2 heterocycles. The average molecular weight is 790 g/mol. The molecule has 0 atom stereocenters. The van der Waals surface area contributed by atoms with Crippen LogP contribution in [0, 0.1) is 0 Å². The van der Waals surface area contributed by atoms with E-state index in [1.807, 2.05) is 18.2 Å². The summed E-state index contributed by atoms with van der Waals surface area (Å²) < 4.78 is 0. The molecule has 0 aliphatic carbocycles. The Bertz CT molecular complexity index is 3250. The molecular formula is C59H39N3. The van der Waals surface area contributed by atoms with Crippen LogP contribution >= 0.6 is 0 Å². The van der Waals surface area contributed by atoms with Crippen LogP contribution in [0.4, 0.5) is 0 Å². The molecule has 290 valence electrons. The van der Waals surface area contributed by atoms with E-state index in [1.54, 1.807) is 0 Å². The van der Waals surface area contributed by atoms with E-state index in [1.165, 1.54) is 27.5 Å². The summed E-state index contributed by atoms with van der Waals surface area (Å²) >= 11 is 0. The summed E-state index contributed by atoms with van der Waals surface area (Å²) in [6, 6.07) is 83.4. The van der Waals surface area contributed by atoms with Gasteiger partial charge in [-0.25, -0.2) is 15.0 Å². The maximum Gasteiger partial charge on any atom is 0.160 e. The lowest BCUT2D eigenvalue weighted by atomic mass is 9.90.